The van der Waals surface area contributed by atoms with Gasteiger partial charge in [0.1, 0.15) is 0 Å². The van der Waals surface area contributed by atoms with Gasteiger partial charge in [-0.1, -0.05) is 49.6 Å². The molecule has 2 heteroatoms. The van der Waals surface area contributed by atoms with Crippen molar-refractivity contribution in [3.05, 3.63) is 35.9 Å². The summed E-state index contributed by atoms with van der Waals surface area (Å²) in [6, 6.07) is 11.2. The average molecular weight is 287 g/mol. The first kappa shape index (κ1) is 15.1. The molecule has 2 aliphatic rings. The SMILES string of the molecule is CN1CCC[C@H](O)[C@H]1[C@@H](c1ccccc1)C1CCCCC1. The van der Waals surface area contributed by atoms with Gasteiger partial charge in [0.2, 0.25) is 0 Å². The summed E-state index contributed by atoms with van der Waals surface area (Å²) in [5.74, 6) is 1.23. The first-order valence-electron chi connectivity index (χ1n) is 8.70. The van der Waals surface area contributed by atoms with Crippen LogP contribution in [-0.2, 0) is 0 Å². The van der Waals surface area contributed by atoms with Gasteiger partial charge in [-0.2, -0.15) is 0 Å². The molecule has 1 saturated heterocycles. The van der Waals surface area contributed by atoms with E-state index in [0.29, 0.717) is 12.0 Å². The Hall–Kier alpha value is -0.860. The topological polar surface area (TPSA) is 23.5 Å². The minimum absolute atomic E-state index is 0.170. The van der Waals surface area contributed by atoms with Crippen molar-refractivity contribution in [1.29, 1.82) is 0 Å². The van der Waals surface area contributed by atoms with Crippen molar-refractivity contribution < 1.29 is 5.11 Å². The van der Waals surface area contributed by atoms with Crippen LogP contribution in [0.3, 0.4) is 0 Å². The van der Waals surface area contributed by atoms with Crippen LogP contribution < -0.4 is 0 Å². The third-order valence-electron chi connectivity index (χ3n) is 5.62. The molecule has 1 aliphatic carbocycles. The standard InChI is InChI=1S/C19H29NO/c1-20-14-8-13-17(21)19(20)18(15-9-4-2-5-10-15)16-11-6-3-7-12-16/h2,4-5,9-10,16-19,21H,3,6-8,11-14H2,1H3/t17-,18-,19-/m0/s1. The van der Waals surface area contributed by atoms with Crippen molar-refractivity contribution >= 4 is 0 Å². The maximum atomic E-state index is 10.7. The molecule has 2 fully saturated rings. The molecule has 1 saturated carbocycles. The van der Waals surface area contributed by atoms with E-state index in [0.717, 1.165) is 25.3 Å². The fraction of sp³-hybridized carbons (Fsp3) is 0.684. The number of rotatable bonds is 3. The van der Waals surface area contributed by atoms with Crippen molar-refractivity contribution in [2.75, 3.05) is 13.6 Å². The minimum Gasteiger partial charge on any atom is -0.391 e. The van der Waals surface area contributed by atoms with Gasteiger partial charge in [0, 0.05) is 12.0 Å². The molecule has 1 aromatic rings. The Morgan fingerprint density at radius 3 is 2.38 bits per heavy atom. The Kier molecular flexibility index (Phi) is 4.97. The lowest BCUT2D eigenvalue weighted by molar-refractivity contribution is -0.00316. The van der Waals surface area contributed by atoms with E-state index in [1.165, 1.54) is 37.7 Å². The van der Waals surface area contributed by atoms with Gasteiger partial charge < -0.3 is 10.0 Å². The quantitative estimate of drug-likeness (QED) is 0.914. The zero-order valence-corrected chi connectivity index (χ0v) is 13.2. The largest absolute Gasteiger partial charge is 0.391 e. The molecule has 1 heterocycles. The number of hydrogen-bond donors (Lipinski definition) is 1. The van der Waals surface area contributed by atoms with Crippen molar-refractivity contribution in [3.8, 4) is 0 Å². The van der Waals surface area contributed by atoms with Crippen LogP contribution in [-0.4, -0.2) is 35.7 Å². The molecule has 1 N–H and O–H groups in total. The molecule has 0 amide bonds. The minimum atomic E-state index is -0.170. The Bertz CT molecular complexity index is 416. The summed E-state index contributed by atoms with van der Waals surface area (Å²) in [5, 5.41) is 10.7. The van der Waals surface area contributed by atoms with Crippen molar-refractivity contribution in [2.24, 2.45) is 5.92 Å². The summed E-state index contributed by atoms with van der Waals surface area (Å²) in [6.07, 6.45) is 8.69. The second-order valence-corrected chi connectivity index (χ2v) is 7.02. The van der Waals surface area contributed by atoms with Gasteiger partial charge in [-0.3, -0.25) is 0 Å². The zero-order valence-electron chi connectivity index (χ0n) is 13.2. The highest BCUT2D eigenvalue weighted by Crippen LogP contribution is 2.42. The van der Waals surface area contributed by atoms with Gasteiger partial charge in [-0.05, 0) is 50.8 Å². The number of nitrogens with zero attached hydrogens (tertiary/aromatic N) is 1. The molecule has 0 radical (unpaired) electrons. The second kappa shape index (κ2) is 6.93. The summed E-state index contributed by atoms with van der Waals surface area (Å²) in [7, 11) is 2.20. The lowest BCUT2D eigenvalue weighted by Gasteiger charge is -2.45. The van der Waals surface area contributed by atoms with Gasteiger partial charge >= 0.3 is 0 Å². The number of likely N-dealkylation sites (N-methyl/N-ethyl adjacent to an activating group) is 1. The fourth-order valence-electron chi connectivity index (χ4n) is 4.59. The van der Waals surface area contributed by atoms with Crippen molar-refractivity contribution in [1.82, 2.24) is 4.90 Å². The monoisotopic (exact) mass is 287 g/mol. The molecule has 3 rings (SSSR count). The first-order chi connectivity index (χ1) is 10.3. The van der Waals surface area contributed by atoms with E-state index in [1.807, 2.05) is 0 Å². The van der Waals surface area contributed by atoms with Crippen LogP contribution >= 0.6 is 0 Å². The lowest BCUT2D eigenvalue weighted by Crippen LogP contribution is -2.51. The number of hydrogen-bond acceptors (Lipinski definition) is 2. The van der Waals surface area contributed by atoms with E-state index in [9.17, 15) is 5.11 Å². The van der Waals surface area contributed by atoms with Crippen LogP contribution in [0.5, 0.6) is 0 Å². The van der Waals surface area contributed by atoms with Crippen LogP contribution in [0.15, 0.2) is 30.3 Å². The van der Waals surface area contributed by atoms with Gasteiger partial charge in [0.25, 0.3) is 0 Å². The molecule has 1 aromatic carbocycles. The number of aliphatic hydroxyl groups excluding tert-OH is 1. The molecule has 2 nitrogen and oxygen atoms in total. The van der Waals surface area contributed by atoms with Crippen LogP contribution in [0.2, 0.25) is 0 Å². The molecule has 3 atom stereocenters. The van der Waals surface area contributed by atoms with Crippen LogP contribution in [0.1, 0.15) is 56.4 Å². The van der Waals surface area contributed by atoms with E-state index in [-0.39, 0.29) is 6.10 Å². The predicted octanol–water partition coefficient (Wildman–Crippen LogP) is 3.81. The third kappa shape index (κ3) is 3.32. The summed E-state index contributed by atoms with van der Waals surface area (Å²) in [6.45, 7) is 1.12. The van der Waals surface area contributed by atoms with Gasteiger partial charge in [-0.15, -0.1) is 0 Å². The van der Waals surface area contributed by atoms with Gasteiger partial charge in [-0.25, -0.2) is 0 Å². The summed E-state index contributed by atoms with van der Waals surface area (Å²) >= 11 is 0. The van der Waals surface area contributed by atoms with Crippen LogP contribution in [0.25, 0.3) is 0 Å². The first-order valence-corrected chi connectivity index (χ1v) is 8.70. The Morgan fingerprint density at radius 1 is 1.00 bits per heavy atom. The lowest BCUT2D eigenvalue weighted by atomic mass is 9.70. The second-order valence-electron chi connectivity index (χ2n) is 7.02. The van der Waals surface area contributed by atoms with Crippen LogP contribution in [0.4, 0.5) is 0 Å². The number of likely N-dealkylation sites (tertiary alicyclic amines) is 1. The maximum absolute atomic E-state index is 10.7. The Labute approximate surface area is 129 Å². The third-order valence-corrected chi connectivity index (χ3v) is 5.62. The van der Waals surface area contributed by atoms with E-state index in [2.05, 4.69) is 42.3 Å². The van der Waals surface area contributed by atoms with E-state index in [1.54, 1.807) is 0 Å². The highest BCUT2D eigenvalue weighted by Gasteiger charge is 2.39. The molecule has 0 spiro atoms. The Morgan fingerprint density at radius 2 is 1.71 bits per heavy atom. The molecular weight excluding hydrogens is 258 g/mol. The molecule has 1 aliphatic heterocycles. The maximum Gasteiger partial charge on any atom is 0.0701 e. The van der Waals surface area contributed by atoms with E-state index >= 15 is 0 Å². The van der Waals surface area contributed by atoms with Crippen molar-refractivity contribution in [2.45, 2.75) is 63.0 Å². The molecular formula is C19H29NO. The number of aliphatic hydroxyl groups is 1. The van der Waals surface area contributed by atoms with Crippen LogP contribution in [0, 0.1) is 5.92 Å². The number of benzene rings is 1. The highest BCUT2D eigenvalue weighted by molar-refractivity contribution is 5.23. The number of piperidine rings is 1. The predicted molar refractivity (Wildman–Crippen MR) is 87.4 cm³/mol. The average Bonchev–Trinajstić information content (AvgIpc) is 2.53. The fourth-order valence-corrected chi connectivity index (χ4v) is 4.59. The molecule has 0 bridgehead atoms. The molecule has 0 unspecified atom stereocenters. The van der Waals surface area contributed by atoms with E-state index < -0.39 is 0 Å². The summed E-state index contributed by atoms with van der Waals surface area (Å²) in [5.41, 5.74) is 1.43. The highest BCUT2D eigenvalue weighted by atomic mass is 16.3. The van der Waals surface area contributed by atoms with Crippen molar-refractivity contribution in [3.63, 3.8) is 0 Å². The smallest absolute Gasteiger partial charge is 0.0701 e. The normalized spacial score (nSPS) is 30.2. The van der Waals surface area contributed by atoms with Gasteiger partial charge in [0.05, 0.1) is 6.10 Å². The molecule has 116 valence electrons. The van der Waals surface area contributed by atoms with Gasteiger partial charge in [0.15, 0.2) is 0 Å². The summed E-state index contributed by atoms with van der Waals surface area (Å²) in [4.78, 5) is 2.42. The molecule has 21 heavy (non-hydrogen) atoms. The molecule has 0 aromatic heterocycles. The summed E-state index contributed by atoms with van der Waals surface area (Å²) < 4.78 is 0. The zero-order chi connectivity index (χ0) is 14.7. The van der Waals surface area contributed by atoms with E-state index in [4.69, 9.17) is 0 Å². The Balaban J connectivity index is 1.90.